The Morgan fingerprint density at radius 1 is 1.45 bits per heavy atom. The zero-order valence-electron chi connectivity index (χ0n) is 11.3. The van der Waals surface area contributed by atoms with Gasteiger partial charge < -0.3 is 4.57 Å². The summed E-state index contributed by atoms with van der Waals surface area (Å²) in [7, 11) is -5.11. The predicted molar refractivity (Wildman–Crippen MR) is 77.0 cm³/mol. The van der Waals surface area contributed by atoms with Gasteiger partial charge in [0.2, 0.25) is 10.0 Å². The Labute approximate surface area is 124 Å². The summed E-state index contributed by atoms with van der Waals surface area (Å²) in [5.41, 5.74) is 0.697. The quantitative estimate of drug-likeness (QED) is 0.754. The molecule has 1 aromatic rings. The number of sulfone groups is 1. The van der Waals surface area contributed by atoms with E-state index in [-0.39, 0.29) is 28.8 Å². The van der Waals surface area contributed by atoms with Crippen molar-refractivity contribution in [3.05, 3.63) is 18.0 Å². The fourth-order valence-electron chi connectivity index (χ4n) is 2.33. The van der Waals surface area contributed by atoms with Crippen LogP contribution in [0.1, 0.15) is 12.6 Å². The highest BCUT2D eigenvalue weighted by Crippen LogP contribution is 2.24. The predicted octanol–water partition coefficient (Wildman–Crippen LogP) is 0.571. The fourth-order valence-corrected chi connectivity index (χ4v) is 6.09. The van der Waals surface area contributed by atoms with Crippen molar-refractivity contribution < 1.29 is 16.8 Å². The first-order valence-electron chi connectivity index (χ1n) is 6.11. The van der Waals surface area contributed by atoms with Crippen molar-refractivity contribution >= 4 is 31.5 Å². The van der Waals surface area contributed by atoms with Crippen molar-refractivity contribution in [3.63, 3.8) is 0 Å². The van der Waals surface area contributed by atoms with Gasteiger partial charge in [0.05, 0.1) is 17.4 Å². The molecular weight excluding hydrogens is 324 g/mol. The molecule has 1 aliphatic rings. The number of alkyl halides is 1. The van der Waals surface area contributed by atoms with Crippen molar-refractivity contribution in [1.29, 1.82) is 0 Å². The molecule has 1 aliphatic heterocycles. The summed E-state index contributed by atoms with van der Waals surface area (Å²) in [5, 5.41) is 0. The molecule has 0 N–H and O–H groups in total. The largest absolute Gasteiger partial charge is 0.352 e. The molecule has 0 saturated carbocycles. The Kier molecular flexibility index (Phi) is 4.21. The minimum absolute atomic E-state index is 0.00304. The number of hydrogen-bond donors (Lipinski definition) is 0. The smallest absolute Gasteiger partial charge is 0.244 e. The topological polar surface area (TPSA) is 76.5 Å². The van der Waals surface area contributed by atoms with Crippen LogP contribution in [0, 0.1) is 0 Å². The van der Waals surface area contributed by atoms with E-state index in [1.165, 1.54) is 16.6 Å². The van der Waals surface area contributed by atoms with Gasteiger partial charge in [-0.25, -0.2) is 16.8 Å². The van der Waals surface area contributed by atoms with Gasteiger partial charge in [0.1, 0.15) is 4.90 Å². The Bertz CT molecular complexity index is 709. The normalized spacial score (nSPS) is 23.9. The summed E-state index contributed by atoms with van der Waals surface area (Å²) in [6, 6.07) is 0.969. The van der Waals surface area contributed by atoms with Gasteiger partial charge in [0, 0.05) is 31.5 Å². The van der Waals surface area contributed by atoms with E-state index >= 15 is 0 Å². The van der Waals surface area contributed by atoms with E-state index in [9.17, 15) is 16.8 Å². The summed E-state index contributed by atoms with van der Waals surface area (Å²) in [4.78, 5) is 0.154. The molecule has 0 spiro atoms. The van der Waals surface area contributed by atoms with Gasteiger partial charge in [-0.05, 0) is 13.0 Å². The molecule has 114 valence electrons. The standard InChI is InChI=1S/C11H17ClN2O4S2/c1-9-8-19(15,16)4-3-14(9)20(17,18)11-5-10(6-12)13(2)7-11/h5,7,9H,3-4,6,8H2,1-2H3. The Morgan fingerprint density at radius 3 is 2.60 bits per heavy atom. The summed E-state index contributed by atoms with van der Waals surface area (Å²) in [6.07, 6.45) is 1.50. The molecule has 0 aliphatic carbocycles. The van der Waals surface area contributed by atoms with Crippen molar-refractivity contribution in [3.8, 4) is 0 Å². The maximum absolute atomic E-state index is 12.6. The van der Waals surface area contributed by atoms with Crippen molar-refractivity contribution in [2.24, 2.45) is 7.05 Å². The molecule has 1 saturated heterocycles. The highest BCUT2D eigenvalue weighted by molar-refractivity contribution is 7.92. The molecule has 6 nitrogen and oxygen atoms in total. The number of sulfonamides is 1. The molecule has 9 heteroatoms. The lowest BCUT2D eigenvalue weighted by Crippen LogP contribution is -2.49. The summed E-state index contributed by atoms with van der Waals surface area (Å²) in [5.74, 6) is -0.0524. The number of aromatic nitrogens is 1. The van der Waals surface area contributed by atoms with Crippen LogP contribution in [0.2, 0.25) is 0 Å². The number of nitrogens with zero attached hydrogens (tertiary/aromatic N) is 2. The van der Waals surface area contributed by atoms with Crippen molar-refractivity contribution in [1.82, 2.24) is 8.87 Å². The molecule has 20 heavy (non-hydrogen) atoms. The van der Waals surface area contributed by atoms with Crippen LogP contribution in [0.4, 0.5) is 0 Å². The van der Waals surface area contributed by atoms with Crippen LogP contribution in [-0.2, 0) is 32.8 Å². The third kappa shape index (κ3) is 2.88. The first-order valence-corrected chi connectivity index (χ1v) is 9.90. The molecule has 0 amide bonds. The molecule has 0 aromatic carbocycles. The number of rotatable bonds is 3. The van der Waals surface area contributed by atoms with Crippen LogP contribution in [0.25, 0.3) is 0 Å². The maximum atomic E-state index is 12.6. The molecule has 2 heterocycles. The summed E-state index contributed by atoms with van der Waals surface area (Å²) < 4.78 is 51.1. The number of aryl methyl sites for hydroxylation is 1. The second kappa shape index (κ2) is 5.32. The average Bonchev–Trinajstić information content (AvgIpc) is 2.69. The Hall–Kier alpha value is -0.570. The van der Waals surface area contributed by atoms with E-state index in [1.807, 2.05) is 0 Å². The van der Waals surface area contributed by atoms with Crippen LogP contribution in [0.5, 0.6) is 0 Å². The summed E-state index contributed by atoms with van der Waals surface area (Å²) >= 11 is 5.74. The van der Waals surface area contributed by atoms with Gasteiger partial charge in [0.15, 0.2) is 9.84 Å². The van der Waals surface area contributed by atoms with Crippen molar-refractivity contribution in [2.75, 3.05) is 18.1 Å². The van der Waals surface area contributed by atoms with E-state index < -0.39 is 25.9 Å². The first-order chi connectivity index (χ1) is 9.17. The highest BCUT2D eigenvalue weighted by atomic mass is 35.5. The van der Waals surface area contributed by atoms with Gasteiger partial charge in [-0.2, -0.15) is 4.31 Å². The van der Waals surface area contributed by atoms with E-state index in [1.54, 1.807) is 18.5 Å². The number of hydrogen-bond acceptors (Lipinski definition) is 4. The van der Waals surface area contributed by atoms with Crippen LogP contribution < -0.4 is 0 Å². The number of halogens is 1. The third-order valence-corrected chi connectivity index (χ3v) is 7.48. The average molecular weight is 341 g/mol. The summed E-state index contributed by atoms with van der Waals surface area (Å²) in [6.45, 7) is 1.61. The van der Waals surface area contributed by atoms with Gasteiger partial charge >= 0.3 is 0 Å². The SMILES string of the molecule is CC1CS(=O)(=O)CCN1S(=O)(=O)c1cc(CCl)n(C)c1. The van der Waals surface area contributed by atoms with Crippen LogP contribution >= 0.6 is 11.6 Å². The van der Waals surface area contributed by atoms with Crippen LogP contribution in [0.15, 0.2) is 17.2 Å². The molecule has 1 unspecified atom stereocenters. The van der Waals surface area contributed by atoms with Gasteiger partial charge in [0.25, 0.3) is 0 Å². The first kappa shape index (κ1) is 15.8. The third-order valence-electron chi connectivity index (χ3n) is 3.44. The maximum Gasteiger partial charge on any atom is 0.244 e. The molecule has 0 bridgehead atoms. The van der Waals surface area contributed by atoms with Gasteiger partial charge in [-0.3, -0.25) is 0 Å². The zero-order valence-corrected chi connectivity index (χ0v) is 13.7. The van der Waals surface area contributed by atoms with E-state index in [0.717, 1.165) is 0 Å². The van der Waals surface area contributed by atoms with Gasteiger partial charge in [-0.1, -0.05) is 0 Å². The van der Waals surface area contributed by atoms with Crippen molar-refractivity contribution in [2.45, 2.75) is 23.7 Å². The minimum atomic E-state index is -3.68. The zero-order chi connectivity index (χ0) is 15.1. The highest BCUT2D eigenvalue weighted by Gasteiger charge is 2.37. The van der Waals surface area contributed by atoms with Gasteiger partial charge in [-0.15, -0.1) is 11.6 Å². The van der Waals surface area contributed by atoms with Crippen LogP contribution in [0.3, 0.4) is 0 Å². The molecule has 2 rings (SSSR count). The molecule has 1 atom stereocenters. The minimum Gasteiger partial charge on any atom is -0.352 e. The molecule has 1 fully saturated rings. The molecular formula is C11H17ClN2O4S2. The lowest BCUT2D eigenvalue weighted by Gasteiger charge is -2.31. The van der Waals surface area contributed by atoms with E-state index in [4.69, 9.17) is 11.6 Å². The van der Waals surface area contributed by atoms with Crippen LogP contribution in [-0.4, -0.2) is 49.8 Å². The second-order valence-corrected chi connectivity index (χ2v) is 9.38. The Balaban J connectivity index is 2.35. The van der Waals surface area contributed by atoms with E-state index in [0.29, 0.717) is 5.69 Å². The Morgan fingerprint density at radius 2 is 2.10 bits per heavy atom. The lowest BCUT2D eigenvalue weighted by molar-refractivity contribution is 0.357. The lowest BCUT2D eigenvalue weighted by atomic mass is 10.4. The fraction of sp³-hybridized carbons (Fsp3) is 0.636. The monoisotopic (exact) mass is 340 g/mol. The molecule has 0 radical (unpaired) electrons. The second-order valence-electron chi connectivity index (χ2n) is 4.99. The van der Waals surface area contributed by atoms with E-state index in [2.05, 4.69) is 0 Å². The molecule has 1 aromatic heterocycles.